The Bertz CT molecular complexity index is 342. The van der Waals surface area contributed by atoms with Crippen molar-refractivity contribution in [1.29, 1.82) is 0 Å². The monoisotopic (exact) mass is 251 g/mol. The predicted octanol–water partition coefficient (Wildman–Crippen LogP) is 3.38. The molecular formula is C15H29N3. The van der Waals surface area contributed by atoms with Gasteiger partial charge in [-0.25, -0.2) is 0 Å². The third-order valence-electron chi connectivity index (χ3n) is 3.38. The molecule has 1 rings (SSSR count). The van der Waals surface area contributed by atoms with Crippen LogP contribution < -0.4 is 5.32 Å². The van der Waals surface area contributed by atoms with Gasteiger partial charge in [0.15, 0.2) is 0 Å². The molecule has 0 bridgehead atoms. The molecule has 18 heavy (non-hydrogen) atoms. The fraction of sp³-hybridized carbons (Fsp3) is 0.800. The average Bonchev–Trinajstić information content (AvgIpc) is 2.76. The molecule has 0 amide bonds. The number of rotatable bonds is 8. The van der Waals surface area contributed by atoms with Gasteiger partial charge >= 0.3 is 0 Å². The quantitative estimate of drug-likeness (QED) is 0.767. The third kappa shape index (κ3) is 4.81. The van der Waals surface area contributed by atoms with E-state index in [9.17, 15) is 0 Å². The molecule has 0 aliphatic heterocycles. The summed E-state index contributed by atoms with van der Waals surface area (Å²) in [5.41, 5.74) is 2.51. The summed E-state index contributed by atoms with van der Waals surface area (Å²) in [6.45, 7) is 13.0. The first kappa shape index (κ1) is 15.2. The topological polar surface area (TPSA) is 29.9 Å². The van der Waals surface area contributed by atoms with Crippen LogP contribution in [0.4, 0.5) is 0 Å². The lowest BCUT2D eigenvalue weighted by atomic mass is 10.0. The highest BCUT2D eigenvalue weighted by atomic mass is 15.3. The first-order valence-corrected chi connectivity index (χ1v) is 7.35. The van der Waals surface area contributed by atoms with Gasteiger partial charge in [0, 0.05) is 19.1 Å². The van der Waals surface area contributed by atoms with Crippen LogP contribution in [0.2, 0.25) is 0 Å². The second-order valence-electron chi connectivity index (χ2n) is 5.55. The summed E-state index contributed by atoms with van der Waals surface area (Å²) in [4.78, 5) is 0. The molecule has 0 saturated carbocycles. The Hall–Kier alpha value is -0.830. The van der Waals surface area contributed by atoms with Crippen molar-refractivity contribution in [3.05, 3.63) is 17.5 Å². The van der Waals surface area contributed by atoms with E-state index in [1.165, 1.54) is 24.2 Å². The van der Waals surface area contributed by atoms with Crippen molar-refractivity contribution in [2.75, 3.05) is 0 Å². The maximum atomic E-state index is 4.58. The molecule has 3 heteroatoms. The third-order valence-corrected chi connectivity index (χ3v) is 3.38. The number of nitrogens with one attached hydrogen (secondary N) is 1. The largest absolute Gasteiger partial charge is 0.309 e. The van der Waals surface area contributed by atoms with E-state index in [4.69, 9.17) is 0 Å². The van der Waals surface area contributed by atoms with Crippen LogP contribution in [0.25, 0.3) is 0 Å². The smallest absolute Gasteiger partial charge is 0.0625 e. The van der Waals surface area contributed by atoms with Crippen LogP contribution in [0.1, 0.15) is 58.8 Å². The van der Waals surface area contributed by atoms with E-state index < -0.39 is 0 Å². The van der Waals surface area contributed by atoms with Crippen LogP contribution >= 0.6 is 0 Å². The summed E-state index contributed by atoms with van der Waals surface area (Å²) in [6.07, 6.45) is 3.56. The van der Waals surface area contributed by atoms with Crippen LogP contribution in [0.15, 0.2) is 6.07 Å². The van der Waals surface area contributed by atoms with Gasteiger partial charge in [-0.2, -0.15) is 5.10 Å². The van der Waals surface area contributed by atoms with Crippen LogP contribution in [0.5, 0.6) is 0 Å². The molecule has 104 valence electrons. The fourth-order valence-corrected chi connectivity index (χ4v) is 2.07. The first-order chi connectivity index (χ1) is 8.56. The Labute approximate surface area is 112 Å². The minimum absolute atomic E-state index is 0.581. The maximum Gasteiger partial charge on any atom is 0.0625 e. The van der Waals surface area contributed by atoms with Crippen LogP contribution in [-0.2, 0) is 19.5 Å². The molecule has 0 saturated heterocycles. The lowest BCUT2D eigenvalue weighted by molar-refractivity contribution is 0.442. The van der Waals surface area contributed by atoms with Gasteiger partial charge in [0.25, 0.3) is 0 Å². The van der Waals surface area contributed by atoms with Gasteiger partial charge in [-0.15, -0.1) is 0 Å². The van der Waals surface area contributed by atoms with Gasteiger partial charge in [0.2, 0.25) is 0 Å². The Morgan fingerprint density at radius 1 is 1.22 bits per heavy atom. The number of nitrogens with zero attached hydrogens (tertiary/aromatic N) is 2. The molecule has 3 nitrogen and oxygen atoms in total. The van der Waals surface area contributed by atoms with Gasteiger partial charge in [0.05, 0.1) is 11.4 Å². The maximum absolute atomic E-state index is 4.58. The zero-order valence-electron chi connectivity index (χ0n) is 12.7. The lowest BCUT2D eigenvalue weighted by Gasteiger charge is -2.15. The van der Waals surface area contributed by atoms with Gasteiger partial charge in [-0.3, -0.25) is 4.68 Å². The minimum atomic E-state index is 0.581. The van der Waals surface area contributed by atoms with E-state index in [0.717, 1.165) is 25.4 Å². The summed E-state index contributed by atoms with van der Waals surface area (Å²) < 4.78 is 2.11. The molecule has 0 aliphatic carbocycles. The van der Waals surface area contributed by atoms with Crippen molar-refractivity contribution in [3.8, 4) is 0 Å². The van der Waals surface area contributed by atoms with Crippen molar-refractivity contribution < 1.29 is 0 Å². The molecular weight excluding hydrogens is 222 g/mol. The van der Waals surface area contributed by atoms with Crippen molar-refractivity contribution in [2.24, 2.45) is 5.92 Å². The summed E-state index contributed by atoms with van der Waals surface area (Å²) >= 11 is 0. The molecule has 0 aliphatic rings. The summed E-state index contributed by atoms with van der Waals surface area (Å²) in [7, 11) is 0. The van der Waals surface area contributed by atoms with E-state index in [0.29, 0.717) is 6.04 Å². The molecule has 1 aromatic heterocycles. The van der Waals surface area contributed by atoms with E-state index in [1.807, 2.05) is 0 Å². The van der Waals surface area contributed by atoms with Crippen molar-refractivity contribution >= 4 is 0 Å². The fourth-order valence-electron chi connectivity index (χ4n) is 2.07. The zero-order chi connectivity index (χ0) is 13.5. The Morgan fingerprint density at radius 3 is 2.50 bits per heavy atom. The highest BCUT2D eigenvalue weighted by Crippen LogP contribution is 2.09. The van der Waals surface area contributed by atoms with Crippen LogP contribution in [-0.4, -0.2) is 15.8 Å². The van der Waals surface area contributed by atoms with Crippen molar-refractivity contribution in [1.82, 2.24) is 15.1 Å². The number of hydrogen-bond donors (Lipinski definition) is 1. The second kappa shape index (κ2) is 7.57. The number of aryl methyl sites for hydroxylation is 2. The number of aromatic nitrogens is 2. The van der Waals surface area contributed by atoms with Crippen LogP contribution in [0, 0.1) is 5.92 Å². The highest BCUT2D eigenvalue weighted by Gasteiger charge is 2.08. The highest BCUT2D eigenvalue weighted by molar-refractivity contribution is 5.10. The Balaban J connectivity index is 2.44. The molecule has 0 radical (unpaired) electrons. The molecule has 1 N–H and O–H groups in total. The molecule has 1 unspecified atom stereocenters. The standard InChI is InChI=1S/C15H29N3/c1-6-14-10-15(18(7-2)17-14)11-16-13(5)9-8-12(3)4/h10,12-13,16H,6-9,11H2,1-5H3. The molecule has 0 aromatic carbocycles. The van der Waals surface area contributed by atoms with E-state index >= 15 is 0 Å². The van der Waals surface area contributed by atoms with Gasteiger partial charge in [-0.05, 0) is 45.1 Å². The summed E-state index contributed by atoms with van der Waals surface area (Å²) in [5, 5.41) is 8.18. The van der Waals surface area contributed by atoms with Gasteiger partial charge in [0.1, 0.15) is 0 Å². The van der Waals surface area contributed by atoms with E-state index in [-0.39, 0.29) is 0 Å². The molecule has 0 fully saturated rings. The SMILES string of the molecule is CCc1cc(CNC(C)CCC(C)C)n(CC)n1. The minimum Gasteiger partial charge on any atom is -0.309 e. The first-order valence-electron chi connectivity index (χ1n) is 7.35. The predicted molar refractivity (Wildman–Crippen MR) is 77.7 cm³/mol. The molecule has 0 spiro atoms. The average molecular weight is 251 g/mol. The van der Waals surface area contributed by atoms with E-state index in [2.05, 4.69) is 55.8 Å². The van der Waals surface area contributed by atoms with Crippen LogP contribution in [0.3, 0.4) is 0 Å². The van der Waals surface area contributed by atoms with E-state index in [1.54, 1.807) is 0 Å². The van der Waals surface area contributed by atoms with Crippen molar-refractivity contribution in [3.63, 3.8) is 0 Å². The molecule has 1 aromatic rings. The summed E-state index contributed by atoms with van der Waals surface area (Å²) in [5.74, 6) is 0.794. The van der Waals surface area contributed by atoms with Crippen molar-refractivity contribution in [2.45, 2.75) is 73.0 Å². The normalized spacial score (nSPS) is 13.2. The van der Waals surface area contributed by atoms with Gasteiger partial charge in [-0.1, -0.05) is 20.8 Å². The van der Waals surface area contributed by atoms with Gasteiger partial charge < -0.3 is 5.32 Å². The number of hydrogen-bond acceptors (Lipinski definition) is 2. The summed E-state index contributed by atoms with van der Waals surface area (Å²) in [6, 6.07) is 2.81. The Kier molecular flexibility index (Phi) is 6.41. The zero-order valence-corrected chi connectivity index (χ0v) is 12.7. The molecule has 1 atom stereocenters. The lowest BCUT2D eigenvalue weighted by Crippen LogP contribution is -2.27. The second-order valence-corrected chi connectivity index (χ2v) is 5.55. The molecule has 1 heterocycles. The Morgan fingerprint density at radius 2 is 1.94 bits per heavy atom.